The number of hydrogen-bond donors (Lipinski definition) is 3. The van der Waals surface area contributed by atoms with Gasteiger partial charge >= 0.3 is 0 Å². The SMILES string of the molecule is COCCN(C)CCNC(=O)c1cc(C)nc(NN)c1. The summed E-state index contributed by atoms with van der Waals surface area (Å²) in [6.07, 6.45) is 0. The van der Waals surface area contributed by atoms with Crippen LogP contribution in [0.25, 0.3) is 0 Å². The minimum Gasteiger partial charge on any atom is -0.383 e. The van der Waals surface area contributed by atoms with Crippen molar-refractivity contribution in [3.8, 4) is 0 Å². The second-order valence-electron chi connectivity index (χ2n) is 4.58. The average molecular weight is 281 g/mol. The number of hydrazine groups is 1. The van der Waals surface area contributed by atoms with Gasteiger partial charge in [0.25, 0.3) is 5.91 Å². The number of carbonyl (C=O) groups is 1. The maximum atomic E-state index is 12.0. The molecule has 7 nitrogen and oxygen atoms in total. The Hall–Kier alpha value is -1.70. The van der Waals surface area contributed by atoms with E-state index in [1.165, 1.54) is 0 Å². The number of carbonyl (C=O) groups excluding carboxylic acids is 1. The van der Waals surface area contributed by atoms with E-state index in [1.807, 2.05) is 14.0 Å². The number of nitrogens with two attached hydrogens (primary N) is 1. The van der Waals surface area contributed by atoms with Gasteiger partial charge in [-0.3, -0.25) is 4.79 Å². The molecule has 7 heteroatoms. The molecule has 0 aliphatic rings. The number of hydrogen-bond acceptors (Lipinski definition) is 6. The Bertz CT molecular complexity index is 439. The molecule has 0 saturated carbocycles. The van der Waals surface area contributed by atoms with Crippen LogP contribution in [0.4, 0.5) is 5.82 Å². The van der Waals surface area contributed by atoms with Gasteiger partial charge in [-0.1, -0.05) is 0 Å². The summed E-state index contributed by atoms with van der Waals surface area (Å²) < 4.78 is 4.99. The Kier molecular flexibility index (Phi) is 6.92. The minimum absolute atomic E-state index is 0.132. The Morgan fingerprint density at radius 2 is 2.20 bits per heavy atom. The molecule has 1 rings (SSSR count). The van der Waals surface area contributed by atoms with Crippen molar-refractivity contribution >= 4 is 11.7 Å². The Labute approximate surface area is 119 Å². The zero-order valence-corrected chi connectivity index (χ0v) is 12.3. The monoisotopic (exact) mass is 281 g/mol. The predicted octanol–water partition coefficient (Wildman–Crippen LogP) is -0.0164. The number of aromatic nitrogens is 1. The van der Waals surface area contributed by atoms with Crippen LogP contribution in [0.1, 0.15) is 16.1 Å². The first kappa shape index (κ1) is 16.4. The number of aryl methyl sites for hydroxylation is 1. The first-order valence-corrected chi connectivity index (χ1v) is 6.47. The summed E-state index contributed by atoms with van der Waals surface area (Å²) in [6.45, 7) is 4.67. The van der Waals surface area contributed by atoms with Crippen LogP contribution in [-0.4, -0.2) is 56.2 Å². The summed E-state index contributed by atoms with van der Waals surface area (Å²) in [5, 5.41) is 2.87. The smallest absolute Gasteiger partial charge is 0.251 e. The summed E-state index contributed by atoms with van der Waals surface area (Å²) in [5.74, 6) is 5.66. The molecule has 0 aliphatic heterocycles. The lowest BCUT2D eigenvalue weighted by atomic mass is 10.2. The number of pyridine rings is 1. The summed E-state index contributed by atoms with van der Waals surface area (Å²) in [7, 11) is 3.66. The van der Waals surface area contributed by atoms with Crippen molar-refractivity contribution in [1.29, 1.82) is 0 Å². The molecule has 0 atom stereocenters. The molecular formula is C13H23N5O2. The second-order valence-corrected chi connectivity index (χ2v) is 4.58. The van der Waals surface area contributed by atoms with E-state index in [1.54, 1.807) is 19.2 Å². The molecule has 0 fully saturated rings. The van der Waals surface area contributed by atoms with Gasteiger partial charge in [0.2, 0.25) is 0 Å². The molecule has 4 N–H and O–H groups in total. The number of methoxy groups -OCH3 is 1. The first-order valence-electron chi connectivity index (χ1n) is 6.47. The Morgan fingerprint density at radius 1 is 1.45 bits per heavy atom. The highest BCUT2D eigenvalue weighted by atomic mass is 16.5. The molecule has 0 spiro atoms. The fraction of sp³-hybridized carbons (Fsp3) is 0.538. The zero-order chi connectivity index (χ0) is 15.0. The van der Waals surface area contributed by atoms with Gasteiger partial charge in [-0.25, -0.2) is 10.8 Å². The van der Waals surface area contributed by atoms with Crippen molar-refractivity contribution in [2.45, 2.75) is 6.92 Å². The highest BCUT2D eigenvalue weighted by Crippen LogP contribution is 2.08. The van der Waals surface area contributed by atoms with Gasteiger partial charge in [0, 0.05) is 38.0 Å². The van der Waals surface area contributed by atoms with E-state index in [4.69, 9.17) is 10.6 Å². The largest absolute Gasteiger partial charge is 0.383 e. The third-order valence-corrected chi connectivity index (χ3v) is 2.82. The van der Waals surface area contributed by atoms with Crippen LogP contribution in [0.3, 0.4) is 0 Å². The van der Waals surface area contributed by atoms with E-state index >= 15 is 0 Å². The van der Waals surface area contributed by atoms with Gasteiger partial charge in [0.1, 0.15) is 5.82 Å². The van der Waals surface area contributed by atoms with Crippen molar-refractivity contribution in [3.63, 3.8) is 0 Å². The van der Waals surface area contributed by atoms with Crippen molar-refractivity contribution in [2.24, 2.45) is 5.84 Å². The van der Waals surface area contributed by atoms with Crippen molar-refractivity contribution in [3.05, 3.63) is 23.4 Å². The molecule has 1 aromatic rings. The van der Waals surface area contributed by atoms with Crippen LogP contribution in [0, 0.1) is 6.92 Å². The van der Waals surface area contributed by atoms with E-state index in [2.05, 4.69) is 20.6 Å². The topological polar surface area (TPSA) is 92.5 Å². The van der Waals surface area contributed by atoms with Gasteiger partial charge in [-0.05, 0) is 26.1 Å². The number of likely N-dealkylation sites (N-methyl/N-ethyl adjacent to an activating group) is 1. The molecule has 112 valence electrons. The number of nitrogens with zero attached hydrogens (tertiary/aromatic N) is 2. The maximum absolute atomic E-state index is 12.0. The fourth-order valence-corrected chi connectivity index (χ4v) is 1.69. The average Bonchev–Trinajstić information content (AvgIpc) is 2.44. The van der Waals surface area contributed by atoms with Gasteiger partial charge < -0.3 is 20.4 Å². The third-order valence-electron chi connectivity index (χ3n) is 2.82. The molecule has 1 heterocycles. The summed E-state index contributed by atoms with van der Waals surface area (Å²) >= 11 is 0. The molecular weight excluding hydrogens is 258 g/mol. The van der Waals surface area contributed by atoms with E-state index in [0.717, 1.165) is 18.8 Å². The van der Waals surface area contributed by atoms with Gasteiger partial charge in [0.15, 0.2) is 0 Å². The van der Waals surface area contributed by atoms with Gasteiger partial charge in [-0.15, -0.1) is 0 Å². The lowest BCUT2D eigenvalue weighted by Crippen LogP contribution is -2.34. The molecule has 0 radical (unpaired) electrons. The van der Waals surface area contributed by atoms with E-state index in [0.29, 0.717) is 24.5 Å². The number of nitrogens with one attached hydrogen (secondary N) is 2. The minimum atomic E-state index is -0.132. The highest BCUT2D eigenvalue weighted by molar-refractivity contribution is 5.94. The van der Waals surface area contributed by atoms with Crippen LogP contribution >= 0.6 is 0 Å². The normalized spacial score (nSPS) is 10.7. The molecule has 0 aliphatic carbocycles. The van der Waals surface area contributed by atoms with Crippen LogP contribution in [-0.2, 0) is 4.74 Å². The number of anilines is 1. The van der Waals surface area contributed by atoms with Crippen molar-refractivity contribution in [1.82, 2.24) is 15.2 Å². The molecule has 1 amide bonds. The lowest BCUT2D eigenvalue weighted by molar-refractivity contribution is 0.0947. The third kappa shape index (κ3) is 5.52. The van der Waals surface area contributed by atoms with Crippen molar-refractivity contribution in [2.75, 3.05) is 45.8 Å². The van der Waals surface area contributed by atoms with Gasteiger partial charge in [0.05, 0.1) is 6.61 Å². The predicted molar refractivity (Wildman–Crippen MR) is 78.5 cm³/mol. The highest BCUT2D eigenvalue weighted by Gasteiger charge is 2.08. The Morgan fingerprint density at radius 3 is 2.85 bits per heavy atom. The first-order chi connectivity index (χ1) is 9.56. The maximum Gasteiger partial charge on any atom is 0.251 e. The number of nitrogen functional groups attached to an aromatic ring is 1. The molecule has 0 saturated heterocycles. The van der Waals surface area contributed by atoms with Crippen LogP contribution < -0.4 is 16.6 Å². The van der Waals surface area contributed by atoms with E-state index in [-0.39, 0.29) is 5.91 Å². The second kappa shape index (κ2) is 8.47. The fourth-order valence-electron chi connectivity index (χ4n) is 1.69. The summed E-state index contributed by atoms with van der Waals surface area (Å²) in [6, 6.07) is 3.35. The molecule has 20 heavy (non-hydrogen) atoms. The quantitative estimate of drug-likeness (QED) is 0.458. The van der Waals surface area contributed by atoms with E-state index in [9.17, 15) is 4.79 Å². The Balaban J connectivity index is 2.45. The molecule has 1 aromatic heterocycles. The summed E-state index contributed by atoms with van der Waals surface area (Å²) in [4.78, 5) is 18.2. The number of ether oxygens (including phenoxy) is 1. The molecule has 0 aromatic carbocycles. The van der Waals surface area contributed by atoms with Gasteiger partial charge in [-0.2, -0.15) is 0 Å². The van der Waals surface area contributed by atoms with Crippen LogP contribution in [0.2, 0.25) is 0 Å². The van der Waals surface area contributed by atoms with E-state index < -0.39 is 0 Å². The molecule has 0 bridgehead atoms. The van der Waals surface area contributed by atoms with Crippen LogP contribution in [0.5, 0.6) is 0 Å². The molecule has 0 unspecified atom stereocenters. The standard InChI is InChI=1S/C13H23N5O2/c1-10-8-11(9-12(16-10)17-14)13(19)15-4-5-18(2)6-7-20-3/h8-9H,4-7,14H2,1-3H3,(H,15,19)(H,16,17). The zero-order valence-electron chi connectivity index (χ0n) is 12.3. The van der Waals surface area contributed by atoms with Crippen molar-refractivity contribution < 1.29 is 9.53 Å². The number of amides is 1. The number of rotatable bonds is 8. The van der Waals surface area contributed by atoms with Crippen LogP contribution in [0.15, 0.2) is 12.1 Å². The summed E-state index contributed by atoms with van der Waals surface area (Å²) in [5.41, 5.74) is 3.73. The lowest BCUT2D eigenvalue weighted by Gasteiger charge is -2.16.